The Kier molecular flexibility index (Phi) is 6.02. The van der Waals surface area contributed by atoms with Gasteiger partial charge in [-0.25, -0.2) is 0 Å². The van der Waals surface area contributed by atoms with E-state index in [2.05, 4.69) is 15.9 Å². The molecule has 12 heavy (non-hydrogen) atoms. The number of carboxylic acid groups (broad SMARTS) is 1. The predicted octanol–water partition coefficient (Wildman–Crippen LogP) is 3.16. The fraction of sp³-hybridized carbons (Fsp3) is 0.375. The van der Waals surface area contributed by atoms with Gasteiger partial charge in [-0.1, -0.05) is 13.8 Å². The highest BCUT2D eigenvalue weighted by atomic mass is 79.9. The van der Waals surface area contributed by atoms with Crippen LogP contribution in [0.1, 0.15) is 19.4 Å². The molecule has 0 aliphatic rings. The Morgan fingerprint density at radius 3 is 2.58 bits per heavy atom. The minimum Gasteiger partial charge on any atom is -0.481 e. The first-order valence-corrected chi connectivity index (χ1v) is 5.31. The Hall–Kier alpha value is -0.350. The van der Waals surface area contributed by atoms with Crippen molar-refractivity contribution in [2.45, 2.75) is 20.3 Å². The predicted molar refractivity (Wildman–Crippen MR) is 54.7 cm³/mol. The van der Waals surface area contributed by atoms with Crippen molar-refractivity contribution in [3.63, 3.8) is 0 Å². The molecular formula is C8H11BrO2S. The largest absolute Gasteiger partial charge is 0.481 e. The summed E-state index contributed by atoms with van der Waals surface area (Å²) in [5.74, 6) is -0.793. The summed E-state index contributed by atoms with van der Waals surface area (Å²) in [5, 5.41) is 10.3. The van der Waals surface area contributed by atoms with Crippen molar-refractivity contribution < 1.29 is 9.90 Å². The van der Waals surface area contributed by atoms with Crippen LogP contribution in [0.3, 0.4) is 0 Å². The van der Waals surface area contributed by atoms with Gasteiger partial charge in [-0.15, -0.1) is 11.3 Å². The first-order valence-electron chi connectivity index (χ1n) is 3.64. The van der Waals surface area contributed by atoms with Crippen LogP contribution >= 0.6 is 27.3 Å². The third-order valence-corrected chi connectivity index (χ3v) is 2.85. The molecule has 1 N–H and O–H groups in total. The smallest absolute Gasteiger partial charge is 0.307 e. The number of aliphatic carboxylic acids is 1. The van der Waals surface area contributed by atoms with E-state index in [4.69, 9.17) is 5.11 Å². The van der Waals surface area contributed by atoms with Crippen LogP contribution in [0.5, 0.6) is 0 Å². The Labute approximate surface area is 84.4 Å². The molecule has 1 aromatic heterocycles. The average molecular weight is 251 g/mol. The van der Waals surface area contributed by atoms with E-state index in [1.54, 1.807) is 0 Å². The third-order valence-electron chi connectivity index (χ3n) is 1.03. The van der Waals surface area contributed by atoms with Gasteiger partial charge in [0.05, 0.1) is 10.2 Å². The number of halogens is 1. The fourth-order valence-corrected chi connectivity index (χ4v) is 1.85. The summed E-state index contributed by atoms with van der Waals surface area (Å²) in [6.07, 6.45) is 0.101. The lowest BCUT2D eigenvalue weighted by Gasteiger charge is -1.89. The van der Waals surface area contributed by atoms with Crippen molar-refractivity contribution in [1.29, 1.82) is 0 Å². The highest BCUT2D eigenvalue weighted by Gasteiger charge is 2.04. The van der Waals surface area contributed by atoms with Gasteiger partial charge < -0.3 is 5.11 Å². The molecule has 0 saturated carbocycles. The summed E-state index contributed by atoms with van der Waals surface area (Å²) >= 11 is 4.75. The van der Waals surface area contributed by atoms with Crippen molar-refractivity contribution in [3.05, 3.63) is 20.8 Å². The van der Waals surface area contributed by atoms with Crippen LogP contribution in [0, 0.1) is 0 Å². The van der Waals surface area contributed by atoms with Crippen molar-refractivity contribution in [1.82, 2.24) is 0 Å². The molecule has 0 spiro atoms. The molecule has 0 bridgehead atoms. The monoisotopic (exact) mass is 250 g/mol. The standard InChI is InChI=1S/C6H5BrO2S.C2H6/c7-6-4(1-2-10-6)3-5(8)9;1-2/h1-2H,3H2,(H,8,9);1-2H3. The molecule has 0 aliphatic carbocycles. The zero-order valence-corrected chi connectivity index (χ0v) is 9.41. The lowest BCUT2D eigenvalue weighted by atomic mass is 10.2. The summed E-state index contributed by atoms with van der Waals surface area (Å²) in [5.41, 5.74) is 0.845. The molecule has 1 aromatic rings. The summed E-state index contributed by atoms with van der Waals surface area (Å²) < 4.78 is 0.912. The van der Waals surface area contributed by atoms with Crippen LogP contribution in [-0.2, 0) is 11.2 Å². The van der Waals surface area contributed by atoms with Gasteiger partial charge in [-0.05, 0) is 32.9 Å². The number of rotatable bonds is 2. The van der Waals surface area contributed by atoms with Crippen LogP contribution in [0.15, 0.2) is 15.2 Å². The number of hydrogen-bond acceptors (Lipinski definition) is 2. The fourth-order valence-electron chi connectivity index (χ4n) is 0.608. The van der Waals surface area contributed by atoms with Crippen LogP contribution in [0.25, 0.3) is 0 Å². The van der Waals surface area contributed by atoms with Crippen LogP contribution in [0.2, 0.25) is 0 Å². The molecule has 0 amide bonds. The Morgan fingerprint density at radius 2 is 2.25 bits per heavy atom. The van der Waals surface area contributed by atoms with Crippen molar-refractivity contribution in [3.8, 4) is 0 Å². The van der Waals surface area contributed by atoms with E-state index in [0.717, 1.165) is 9.35 Å². The van der Waals surface area contributed by atoms with E-state index in [1.807, 2.05) is 25.3 Å². The zero-order valence-electron chi connectivity index (χ0n) is 7.00. The second-order valence-electron chi connectivity index (χ2n) is 1.79. The molecule has 0 unspecified atom stereocenters. The summed E-state index contributed by atoms with van der Waals surface area (Å²) in [4.78, 5) is 10.2. The molecule has 4 heteroatoms. The van der Waals surface area contributed by atoms with Gasteiger partial charge >= 0.3 is 5.97 Å². The van der Waals surface area contributed by atoms with Gasteiger partial charge in [0.25, 0.3) is 0 Å². The topological polar surface area (TPSA) is 37.3 Å². The number of carbonyl (C=O) groups is 1. The SMILES string of the molecule is CC.O=C(O)Cc1ccsc1Br. The minimum absolute atomic E-state index is 0.101. The maximum atomic E-state index is 10.2. The lowest BCUT2D eigenvalue weighted by molar-refractivity contribution is -0.136. The molecule has 0 radical (unpaired) electrons. The first-order chi connectivity index (χ1) is 5.70. The van der Waals surface area contributed by atoms with Gasteiger partial charge in [0, 0.05) is 0 Å². The lowest BCUT2D eigenvalue weighted by Crippen LogP contribution is -1.98. The van der Waals surface area contributed by atoms with Gasteiger partial charge in [-0.2, -0.15) is 0 Å². The van der Waals surface area contributed by atoms with Crippen LogP contribution in [0.4, 0.5) is 0 Å². The normalized spacial score (nSPS) is 8.58. The van der Waals surface area contributed by atoms with E-state index >= 15 is 0 Å². The van der Waals surface area contributed by atoms with E-state index in [1.165, 1.54) is 11.3 Å². The van der Waals surface area contributed by atoms with Gasteiger partial charge in [-0.3, -0.25) is 4.79 Å². The molecule has 0 aromatic carbocycles. The maximum Gasteiger partial charge on any atom is 0.307 e. The maximum absolute atomic E-state index is 10.2. The first kappa shape index (κ1) is 11.6. The zero-order chi connectivity index (χ0) is 9.56. The van der Waals surface area contributed by atoms with Crippen molar-refractivity contribution in [2.75, 3.05) is 0 Å². The van der Waals surface area contributed by atoms with Gasteiger partial charge in [0.15, 0.2) is 0 Å². The molecule has 1 rings (SSSR count). The molecule has 0 atom stereocenters. The highest BCUT2D eigenvalue weighted by Crippen LogP contribution is 2.23. The highest BCUT2D eigenvalue weighted by molar-refractivity contribution is 9.11. The molecule has 0 aliphatic heterocycles. The van der Waals surface area contributed by atoms with Crippen molar-refractivity contribution in [2.24, 2.45) is 0 Å². The summed E-state index contributed by atoms with van der Waals surface area (Å²) in [6, 6.07) is 1.81. The second kappa shape index (κ2) is 6.20. The van der Waals surface area contributed by atoms with Crippen LogP contribution in [-0.4, -0.2) is 11.1 Å². The third kappa shape index (κ3) is 3.88. The van der Waals surface area contributed by atoms with E-state index < -0.39 is 5.97 Å². The second-order valence-corrected chi connectivity index (χ2v) is 4.02. The quantitative estimate of drug-likeness (QED) is 0.876. The van der Waals surface area contributed by atoms with Crippen molar-refractivity contribution >= 4 is 33.2 Å². The van der Waals surface area contributed by atoms with Crippen LogP contribution < -0.4 is 0 Å². The van der Waals surface area contributed by atoms with E-state index in [-0.39, 0.29) is 6.42 Å². The Morgan fingerprint density at radius 1 is 1.67 bits per heavy atom. The average Bonchev–Trinajstić information content (AvgIpc) is 2.40. The summed E-state index contributed by atoms with van der Waals surface area (Å²) in [7, 11) is 0. The molecule has 2 nitrogen and oxygen atoms in total. The number of hydrogen-bond donors (Lipinski definition) is 1. The molecule has 1 heterocycles. The molecular weight excluding hydrogens is 240 g/mol. The van der Waals surface area contributed by atoms with E-state index in [0.29, 0.717) is 0 Å². The Balaban J connectivity index is 0.000000561. The van der Waals surface area contributed by atoms with Gasteiger partial charge in [0.1, 0.15) is 0 Å². The molecule has 0 saturated heterocycles. The van der Waals surface area contributed by atoms with E-state index in [9.17, 15) is 4.79 Å². The van der Waals surface area contributed by atoms with Gasteiger partial charge in [0.2, 0.25) is 0 Å². The molecule has 68 valence electrons. The number of thiophene rings is 1. The summed E-state index contributed by atoms with van der Waals surface area (Å²) in [6.45, 7) is 4.00. The molecule has 0 fully saturated rings. The Bertz CT molecular complexity index is 245. The minimum atomic E-state index is -0.793. The number of carboxylic acids is 1.